The first kappa shape index (κ1) is 36.4. The van der Waals surface area contributed by atoms with Gasteiger partial charge < -0.3 is 14.9 Å². The van der Waals surface area contributed by atoms with Crippen LogP contribution in [0.5, 0.6) is 0 Å². The van der Waals surface area contributed by atoms with Gasteiger partial charge in [-0.15, -0.1) is 0 Å². The van der Waals surface area contributed by atoms with Gasteiger partial charge in [0.15, 0.2) is 5.71 Å². The Bertz CT molecular complexity index is 1950. The summed E-state index contributed by atoms with van der Waals surface area (Å²) in [7, 11) is 4.22. The van der Waals surface area contributed by atoms with E-state index in [0.29, 0.717) is 6.42 Å². The molecule has 3 aromatic rings. The number of benzene rings is 3. The second kappa shape index (κ2) is 14.0. The van der Waals surface area contributed by atoms with Crippen LogP contribution in [0.4, 0.5) is 17.1 Å². The molecule has 0 amide bonds. The number of unbranched alkanes of at least 4 members (excludes halogenated alkanes) is 3. The van der Waals surface area contributed by atoms with E-state index in [0.717, 1.165) is 38.8 Å². The Hall–Kier alpha value is -4.38. The minimum Gasteiger partial charge on any atom is -0.481 e. The number of carboxylic acids is 1. The highest BCUT2D eigenvalue weighted by Gasteiger charge is 2.45. The van der Waals surface area contributed by atoms with E-state index in [4.69, 9.17) is 0 Å². The molecule has 6 rings (SSSR count). The van der Waals surface area contributed by atoms with Crippen molar-refractivity contribution in [1.82, 2.24) is 0 Å². The molecule has 1 N–H and O–H groups in total. The van der Waals surface area contributed by atoms with Crippen molar-refractivity contribution in [1.29, 1.82) is 0 Å². The highest BCUT2D eigenvalue weighted by Crippen LogP contribution is 2.56. The lowest BCUT2D eigenvalue weighted by molar-refractivity contribution is -0.438. The largest absolute Gasteiger partial charge is 0.481 e. The van der Waals surface area contributed by atoms with Gasteiger partial charge in [-0.25, -0.2) is 0 Å². The van der Waals surface area contributed by atoms with Crippen LogP contribution >= 0.6 is 0 Å². The van der Waals surface area contributed by atoms with Crippen LogP contribution in [-0.2, 0) is 21.0 Å². The van der Waals surface area contributed by atoms with Crippen molar-refractivity contribution in [3.63, 3.8) is 0 Å². The summed E-state index contributed by atoms with van der Waals surface area (Å²) in [5.74, 6) is -0.714. The molecular formula is C46H58N3O2+. The van der Waals surface area contributed by atoms with Crippen molar-refractivity contribution < 1.29 is 14.5 Å². The Morgan fingerprint density at radius 2 is 1.55 bits per heavy atom. The number of nitrogens with zero attached hydrogens (tertiary/aromatic N) is 3. The van der Waals surface area contributed by atoms with Crippen LogP contribution in [0.25, 0.3) is 11.1 Å². The van der Waals surface area contributed by atoms with Crippen LogP contribution < -0.4 is 9.80 Å². The summed E-state index contributed by atoms with van der Waals surface area (Å²) in [6.45, 7) is 18.2. The fourth-order valence-electron chi connectivity index (χ4n) is 8.68. The lowest BCUT2D eigenvalue weighted by Crippen LogP contribution is -2.28. The Labute approximate surface area is 306 Å². The highest BCUT2D eigenvalue weighted by atomic mass is 16.4. The normalized spacial score (nSPS) is 18.5. The fourth-order valence-corrected chi connectivity index (χ4v) is 8.68. The summed E-state index contributed by atoms with van der Waals surface area (Å²) in [5.41, 5.74) is 14.3. The molecule has 0 aromatic heterocycles. The van der Waals surface area contributed by atoms with E-state index in [-0.39, 0.29) is 22.7 Å². The lowest BCUT2D eigenvalue weighted by Gasteiger charge is -2.27. The predicted molar refractivity (Wildman–Crippen MR) is 215 cm³/mol. The third-order valence-corrected chi connectivity index (χ3v) is 11.7. The van der Waals surface area contributed by atoms with Gasteiger partial charge in [0.25, 0.3) is 0 Å². The first-order valence-corrected chi connectivity index (χ1v) is 19.0. The average Bonchev–Trinajstić information content (AvgIpc) is 3.54. The molecule has 0 spiro atoms. The van der Waals surface area contributed by atoms with Crippen molar-refractivity contribution in [2.24, 2.45) is 0 Å². The van der Waals surface area contributed by atoms with Gasteiger partial charge in [0.1, 0.15) is 6.54 Å². The fraction of sp³-hybridized carbons (Fsp3) is 0.435. The summed E-state index contributed by atoms with van der Waals surface area (Å²) in [4.78, 5) is 15.9. The van der Waals surface area contributed by atoms with Crippen LogP contribution in [-0.4, -0.2) is 48.5 Å². The number of hydrogen-bond acceptors (Lipinski definition) is 3. The zero-order valence-electron chi connectivity index (χ0n) is 32.4. The smallest absolute Gasteiger partial charge is 0.303 e. The summed E-state index contributed by atoms with van der Waals surface area (Å²) < 4.78 is 2.53. The number of aliphatic carboxylic acids is 1. The van der Waals surface area contributed by atoms with Crippen molar-refractivity contribution in [2.45, 2.75) is 103 Å². The molecule has 268 valence electrons. The summed E-state index contributed by atoms with van der Waals surface area (Å²) >= 11 is 0. The van der Waals surface area contributed by atoms with E-state index in [1.807, 2.05) is 0 Å². The maximum Gasteiger partial charge on any atom is 0.303 e. The second-order valence-corrected chi connectivity index (χ2v) is 16.5. The topological polar surface area (TPSA) is 46.8 Å². The maximum atomic E-state index is 11.2. The van der Waals surface area contributed by atoms with Gasteiger partial charge in [0.05, 0.1) is 5.41 Å². The predicted octanol–water partition coefficient (Wildman–Crippen LogP) is 10.7. The van der Waals surface area contributed by atoms with E-state index in [1.54, 1.807) is 0 Å². The molecule has 2 aliphatic heterocycles. The van der Waals surface area contributed by atoms with Crippen LogP contribution in [0, 0.1) is 0 Å². The molecular weight excluding hydrogens is 627 g/mol. The summed E-state index contributed by atoms with van der Waals surface area (Å²) in [5, 5.41) is 9.21. The standard InChI is InChI=1S/C46H57N3O2/c1-10-11-27-48-39-26-25-32(47(8)9)29-37(39)45(4,5)41(48)22-14-12-15-23-42-46(6,7)38-30-34-33-20-17-18-21-35(33)44(2,3)36(34)31-40(38)49(42)28-19-13-16-24-43(50)51/h12,14-15,17-18,20-23,25-26,29-31H,10-11,13,16,19,24,27-28H2,1-9H3/p+1. The van der Waals surface area contributed by atoms with E-state index in [9.17, 15) is 9.90 Å². The van der Waals surface area contributed by atoms with Crippen LogP contribution in [0.1, 0.15) is 109 Å². The van der Waals surface area contributed by atoms with E-state index in [2.05, 4.69) is 162 Å². The van der Waals surface area contributed by atoms with E-state index in [1.165, 1.54) is 61.9 Å². The summed E-state index contributed by atoms with van der Waals surface area (Å²) in [6.07, 6.45) is 16.3. The minimum absolute atomic E-state index is 0.0696. The lowest BCUT2D eigenvalue weighted by atomic mass is 9.79. The number of hydrogen-bond donors (Lipinski definition) is 1. The second-order valence-electron chi connectivity index (χ2n) is 16.5. The molecule has 0 bridgehead atoms. The van der Waals surface area contributed by atoms with Crippen LogP contribution in [0.3, 0.4) is 0 Å². The molecule has 5 heteroatoms. The van der Waals surface area contributed by atoms with Crippen molar-refractivity contribution in [3.05, 3.63) is 113 Å². The van der Waals surface area contributed by atoms with Crippen molar-refractivity contribution >= 4 is 28.7 Å². The number of allylic oxidation sites excluding steroid dienone is 6. The number of carboxylic acid groups (broad SMARTS) is 1. The van der Waals surface area contributed by atoms with Crippen LogP contribution in [0.15, 0.2) is 90.7 Å². The minimum atomic E-state index is -0.714. The molecule has 3 aliphatic rings. The van der Waals surface area contributed by atoms with Gasteiger partial charge in [-0.05, 0) is 84.8 Å². The van der Waals surface area contributed by atoms with Crippen molar-refractivity contribution in [3.8, 4) is 11.1 Å². The average molecular weight is 685 g/mol. The maximum absolute atomic E-state index is 11.2. The van der Waals surface area contributed by atoms with Gasteiger partial charge in [-0.3, -0.25) is 4.79 Å². The van der Waals surface area contributed by atoms with E-state index >= 15 is 0 Å². The van der Waals surface area contributed by atoms with Gasteiger partial charge in [0, 0.05) is 79.1 Å². The van der Waals surface area contributed by atoms with E-state index < -0.39 is 5.97 Å². The third-order valence-electron chi connectivity index (χ3n) is 11.7. The number of rotatable bonds is 13. The zero-order valence-corrected chi connectivity index (χ0v) is 32.4. The molecule has 0 fully saturated rings. The van der Waals surface area contributed by atoms with Crippen LogP contribution in [0.2, 0.25) is 0 Å². The Balaban J connectivity index is 1.33. The van der Waals surface area contributed by atoms with Gasteiger partial charge in [0.2, 0.25) is 5.69 Å². The van der Waals surface area contributed by atoms with Gasteiger partial charge in [-0.1, -0.05) is 90.0 Å². The molecule has 1 aliphatic carbocycles. The number of carbonyl (C=O) groups is 1. The highest BCUT2D eigenvalue weighted by molar-refractivity contribution is 6.03. The molecule has 0 saturated heterocycles. The molecule has 2 heterocycles. The molecule has 51 heavy (non-hydrogen) atoms. The number of anilines is 2. The van der Waals surface area contributed by atoms with Gasteiger partial charge >= 0.3 is 5.97 Å². The summed E-state index contributed by atoms with van der Waals surface area (Å²) in [6, 6.07) is 20.7. The molecule has 0 saturated carbocycles. The Morgan fingerprint density at radius 3 is 2.27 bits per heavy atom. The Morgan fingerprint density at radius 1 is 0.784 bits per heavy atom. The molecule has 0 radical (unpaired) electrons. The quantitative estimate of drug-likeness (QED) is 0.111. The third kappa shape index (κ3) is 6.49. The van der Waals surface area contributed by atoms with Crippen molar-refractivity contribution in [2.75, 3.05) is 37.0 Å². The Kier molecular flexibility index (Phi) is 9.98. The SMILES string of the molecule is CCCC[N+]1=C(/C=C/C=C/C=C2/N(CCCCCC(=O)O)c3cc4c(cc3C2(C)C)-c2ccccc2C4(C)C)C(C)(C)c2cc(N(C)C)ccc21. The number of fused-ring (bicyclic) bond motifs is 5. The zero-order chi connectivity index (χ0) is 36.7. The molecule has 5 nitrogen and oxygen atoms in total. The first-order chi connectivity index (χ1) is 24.2. The molecule has 0 unspecified atom stereocenters. The monoisotopic (exact) mass is 684 g/mol. The molecule has 0 atom stereocenters. The molecule has 3 aromatic carbocycles. The van der Waals surface area contributed by atoms with Gasteiger partial charge in [-0.2, -0.15) is 4.58 Å². The first-order valence-electron chi connectivity index (χ1n) is 19.0.